The van der Waals surface area contributed by atoms with Crippen LogP contribution in [0.15, 0.2) is 41.4 Å². The molecule has 0 aliphatic rings. The molecule has 0 unspecified atom stereocenters. The van der Waals surface area contributed by atoms with Crippen LogP contribution in [0.25, 0.3) is 10.9 Å². The summed E-state index contributed by atoms with van der Waals surface area (Å²) < 4.78 is 15.7. The number of fused-ring (bicyclic) bond motifs is 1. The first-order chi connectivity index (χ1) is 14.0. The Hall–Kier alpha value is -3.48. The van der Waals surface area contributed by atoms with Gasteiger partial charge in [0.25, 0.3) is 0 Å². The van der Waals surface area contributed by atoms with Crippen LogP contribution < -0.4 is 9.47 Å². The number of hydrogen-bond acceptors (Lipinski definition) is 6. The maximum atomic E-state index is 11.8. The first-order valence-electron chi connectivity index (χ1n) is 9.34. The van der Waals surface area contributed by atoms with Gasteiger partial charge in [-0.15, -0.1) is 0 Å². The third kappa shape index (κ3) is 4.03. The number of benzene rings is 2. The fourth-order valence-corrected chi connectivity index (χ4v) is 3.15. The molecule has 7 heteroatoms. The Bertz CT molecular complexity index is 1050. The van der Waals surface area contributed by atoms with Gasteiger partial charge in [0.2, 0.25) is 0 Å². The third-order valence-electron chi connectivity index (χ3n) is 4.55. The van der Waals surface area contributed by atoms with Crippen LogP contribution in [-0.4, -0.2) is 42.6 Å². The molecule has 0 aliphatic heterocycles. The first-order valence-corrected chi connectivity index (χ1v) is 9.34. The van der Waals surface area contributed by atoms with Gasteiger partial charge in [-0.1, -0.05) is 6.92 Å². The lowest BCUT2D eigenvalue weighted by atomic mass is 10.1. The van der Waals surface area contributed by atoms with Crippen LogP contribution >= 0.6 is 0 Å². The van der Waals surface area contributed by atoms with Crippen molar-refractivity contribution in [1.29, 1.82) is 0 Å². The van der Waals surface area contributed by atoms with Crippen LogP contribution in [-0.2, 0) is 4.74 Å². The molecule has 3 rings (SSSR count). The lowest BCUT2D eigenvalue weighted by Crippen LogP contribution is -2.04. The number of aliphatic imine (C=N–C) groups is 1. The molecule has 0 saturated heterocycles. The molecule has 0 atom stereocenters. The number of aromatic amines is 1. The number of H-pyrrole nitrogens is 1. The van der Waals surface area contributed by atoms with E-state index in [1.165, 1.54) is 0 Å². The largest absolute Gasteiger partial charge is 0.494 e. The molecule has 1 aromatic heterocycles. The molecule has 0 fully saturated rings. The highest BCUT2D eigenvalue weighted by molar-refractivity contribution is 6.14. The molecule has 0 aliphatic carbocycles. The number of aromatic nitrogens is 1. The number of esters is 1. The van der Waals surface area contributed by atoms with Crippen LogP contribution in [0.5, 0.6) is 17.4 Å². The maximum absolute atomic E-state index is 11.8. The van der Waals surface area contributed by atoms with E-state index < -0.39 is 0 Å². The molecule has 0 spiro atoms. The fourth-order valence-electron chi connectivity index (χ4n) is 3.15. The number of carbonyl (C=O) groups is 1. The van der Waals surface area contributed by atoms with Crippen molar-refractivity contribution in [2.24, 2.45) is 4.99 Å². The number of aromatic hydroxyl groups is 1. The third-order valence-corrected chi connectivity index (χ3v) is 4.55. The average molecular weight is 396 g/mol. The molecule has 0 saturated carbocycles. The van der Waals surface area contributed by atoms with E-state index in [0.717, 1.165) is 5.39 Å². The molecule has 3 aromatic rings. The number of rotatable bonds is 7. The van der Waals surface area contributed by atoms with Gasteiger partial charge >= 0.3 is 5.97 Å². The summed E-state index contributed by atoms with van der Waals surface area (Å²) in [6.45, 7) is 4.06. The number of hydrogen-bond donors (Lipinski definition) is 2. The summed E-state index contributed by atoms with van der Waals surface area (Å²) in [5.41, 5.74) is 3.16. The molecule has 0 radical (unpaired) electrons. The van der Waals surface area contributed by atoms with E-state index in [1.807, 2.05) is 13.0 Å². The van der Waals surface area contributed by atoms with Gasteiger partial charge in [-0.25, -0.2) is 4.79 Å². The Balaban J connectivity index is 2.04. The van der Waals surface area contributed by atoms with Crippen molar-refractivity contribution in [3.63, 3.8) is 0 Å². The summed E-state index contributed by atoms with van der Waals surface area (Å²) in [4.78, 5) is 19.5. The van der Waals surface area contributed by atoms with Gasteiger partial charge in [0.05, 0.1) is 48.9 Å². The first kappa shape index (κ1) is 20.3. The zero-order valence-corrected chi connectivity index (χ0v) is 16.9. The van der Waals surface area contributed by atoms with Gasteiger partial charge in [0.1, 0.15) is 0 Å². The Morgan fingerprint density at radius 1 is 1.07 bits per heavy atom. The van der Waals surface area contributed by atoms with Crippen molar-refractivity contribution in [2.75, 3.05) is 20.8 Å². The summed E-state index contributed by atoms with van der Waals surface area (Å²) in [5.74, 6) is 0.792. The highest BCUT2D eigenvalue weighted by Gasteiger charge is 2.18. The molecule has 2 N–H and O–H groups in total. The number of ether oxygens (including phenoxy) is 3. The molecule has 0 bridgehead atoms. The zero-order chi connectivity index (χ0) is 21.0. The van der Waals surface area contributed by atoms with Crippen LogP contribution in [0.3, 0.4) is 0 Å². The monoisotopic (exact) mass is 396 g/mol. The van der Waals surface area contributed by atoms with Crippen molar-refractivity contribution in [3.05, 3.63) is 47.5 Å². The number of nitrogens with zero attached hydrogens (tertiary/aromatic N) is 1. The molecule has 1 heterocycles. The van der Waals surface area contributed by atoms with Gasteiger partial charge in [0, 0.05) is 11.5 Å². The molecular weight excluding hydrogens is 372 g/mol. The molecule has 152 valence electrons. The maximum Gasteiger partial charge on any atom is 0.338 e. The van der Waals surface area contributed by atoms with Gasteiger partial charge in [-0.05, 0) is 43.7 Å². The summed E-state index contributed by atoms with van der Waals surface area (Å²) >= 11 is 0. The zero-order valence-electron chi connectivity index (χ0n) is 16.9. The highest BCUT2D eigenvalue weighted by atomic mass is 16.5. The molecule has 2 aromatic carbocycles. The van der Waals surface area contributed by atoms with E-state index in [4.69, 9.17) is 14.2 Å². The predicted molar refractivity (Wildman–Crippen MR) is 112 cm³/mol. The number of nitrogens with one attached hydrogen (secondary N) is 1. The van der Waals surface area contributed by atoms with E-state index in [1.54, 1.807) is 51.5 Å². The van der Waals surface area contributed by atoms with Crippen molar-refractivity contribution in [3.8, 4) is 17.4 Å². The smallest absolute Gasteiger partial charge is 0.338 e. The van der Waals surface area contributed by atoms with Crippen LogP contribution in [0, 0.1) is 0 Å². The lowest BCUT2D eigenvalue weighted by molar-refractivity contribution is 0.0526. The summed E-state index contributed by atoms with van der Waals surface area (Å²) in [5, 5.41) is 11.3. The van der Waals surface area contributed by atoms with Gasteiger partial charge < -0.3 is 24.3 Å². The molecule has 29 heavy (non-hydrogen) atoms. The second kappa shape index (κ2) is 8.68. The molecule has 0 amide bonds. The lowest BCUT2D eigenvalue weighted by Gasteiger charge is -2.09. The van der Waals surface area contributed by atoms with Crippen molar-refractivity contribution in [1.82, 2.24) is 4.98 Å². The summed E-state index contributed by atoms with van der Waals surface area (Å²) in [7, 11) is 3.13. The fraction of sp³-hybridized carbons (Fsp3) is 0.273. The van der Waals surface area contributed by atoms with Crippen LogP contribution in [0.1, 0.15) is 36.2 Å². The van der Waals surface area contributed by atoms with Gasteiger partial charge in [-0.3, -0.25) is 4.99 Å². The molecule has 7 nitrogen and oxygen atoms in total. The van der Waals surface area contributed by atoms with E-state index in [-0.39, 0.29) is 11.8 Å². The normalized spacial score (nSPS) is 11.5. The Morgan fingerprint density at radius 2 is 1.72 bits per heavy atom. The topological polar surface area (TPSA) is 93.1 Å². The standard InChI is InChI=1S/C22H24N2O5/c1-5-16(23-14-9-7-13(8-10-14)22(26)29-6-2)20-15-11-18(27-3)19(28-4)12-17(15)24-21(20)25/h7-12,24-25H,5-6H2,1-4H3. The second-order valence-electron chi connectivity index (χ2n) is 6.28. The highest BCUT2D eigenvalue weighted by Crippen LogP contribution is 2.37. The van der Waals surface area contributed by atoms with E-state index in [2.05, 4.69) is 9.98 Å². The van der Waals surface area contributed by atoms with E-state index >= 15 is 0 Å². The Labute approximate surface area is 168 Å². The SMILES string of the molecule is CCOC(=O)c1ccc(N=C(CC)c2c(O)[nH]c3cc(OC)c(OC)cc23)cc1. The van der Waals surface area contributed by atoms with Gasteiger partial charge in [0.15, 0.2) is 17.4 Å². The molecular formula is C22H24N2O5. The van der Waals surface area contributed by atoms with E-state index in [0.29, 0.717) is 52.6 Å². The average Bonchev–Trinajstić information content (AvgIpc) is 3.06. The Morgan fingerprint density at radius 3 is 2.31 bits per heavy atom. The minimum absolute atomic E-state index is 0.0269. The number of methoxy groups -OCH3 is 2. The van der Waals surface area contributed by atoms with E-state index in [9.17, 15) is 9.90 Å². The number of carbonyl (C=O) groups excluding carboxylic acids is 1. The second-order valence-corrected chi connectivity index (χ2v) is 6.28. The van der Waals surface area contributed by atoms with Crippen LogP contribution in [0.2, 0.25) is 0 Å². The van der Waals surface area contributed by atoms with Crippen molar-refractivity contribution in [2.45, 2.75) is 20.3 Å². The van der Waals surface area contributed by atoms with Crippen LogP contribution in [0.4, 0.5) is 5.69 Å². The van der Waals surface area contributed by atoms with Crippen molar-refractivity contribution < 1.29 is 24.1 Å². The quantitative estimate of drug-likeness (QED) is 0.450. The summed E-state index contributed by atoms with van der Waals surface area (Å²) in [6.07, 6.45) is 0.592. The predicted octanol–water partition coefficient (Wildman–Crippen LogP) is 4.60. The van der Waals surface area contributed by atoms with Crippen molar-refractivity contribution >= 4 is 28.3 Å². The minimum atomic E-state index is -0.367. The summed E-state index contributed by atoms with van der Waals surface area (Å²) in [6, 6.07) is 10.4. The minimum Gasteiger partial charge on any atom is -0.494 e. The van der Waals surface area contributed by atoms with Gasteiger partial charge in [-0.2, -0.15) is 0 Å². The Kier molecular flexibility index (Phi) is 6.07.